The lowest BCUT2D eigenvalue weighted by Gasteiger charge is -2.29. The fourth-order valence-corrected chi connectivity index (χ4v) is 5.37. The van der Waals surface area contributed by atoms with Gasteiger partial charge in [0.2, 0.25) is 10.0 Å². The Kier molecular flexibility index (Phi) is 8.17. The van der Waals surface area contributed by atoms with Crippen molar-refractivity contribution >= 4 is 21.6 Å². The Morgan fingerprint density at radius 3 is 2.37 bits per heavy atom. The fraction of sp³-hybridized carbons (Fsp3) is 0.696. The summed E-state index contributed by atoms with van der Waals surface area (Å²) >= 11 is 0. The summed E-state index contributed by atoms with van der Waals surface area (Å²) in [6, 6.07) is 8.09. The molecule has 2 aliphatic rings. The summed E-state index contributed by atoms with van der Waals surface area (Å²) in [5.41, 5.74) is 1.67. The molecule has 7 heteroatoms. The zero-order valence-electron chi connectivity index (χ0n) is 18.3. The minimum atomic E-state index is -3.20. The van der Waals surface area contributed by atoms with E-state index in [1.54, 1.807) is 13.8 Å². The van der Waals surface area contributed by atoms with E-state index >= 15 is 0 Å². The van der Waals surface area contributed by atoms with E-state index in [-0.39, 0.29) is 17.2 Å². The van der Waals surface area contributed by atoms with Gasteiger partial charge in [0.15, 0.2) is 0 Å². The third kappa shape index (κ3) is 6.71. The maximum absolute atomic E-state index is 12.6. The third-order valence-corrected chi connectivity index (χ3v) is 8.36. The molecule has 0 atom stereocenters. The summed E-state index contributed by atoms with van der Waals surface area (Å²) in [7, 11) is -3.20. The fourth-order valence-electron chi connectivity index (χ4n) is 4.40. The number of carbonyl (C=O) groups is 1. The van der Waals surface area contributed by atoms with Crippen LogP contribution in [-0.4, -0.2) is 38.2 Å². The minimum absolute atomic E-state index is 0.0171. The van der Waals surface area contributed by atoms with E-state index in [0.29, 0.717) is 17.5 Å². The first-order chi connectivity index (χ1) is 14.3. The van der Waals surface area contributed by atoms with Crippen LogP contribution >= 0.6 is 0 Å². The number of anilines is 1. The molecule has 2 saturated carbocycles. The predicted octanol–water partition coefficient (Wildman–Crippen LogP) is 4.05. The highest BCUT2D eigenvalue weighted by Crippen LogP contribution is 2.26. The van der Waals surface area contributed by atoms with Gasteiger partial charge in [0.05, 0.1) is 5.25 Å². The van der Waals surface area contributed by atoms with Crippen LogP contribution in [0.25, 0.3) is 0 Å². The molecule has 30 heavy (non-hydrogen) atoms. The Morgan fingerprint density at radius 1 is 1.00 bits per heavy atom. The van der Waals surface area contributed by atoms with Crippen LogP contribution < -0.4 is 15.4 Å². The van der Waals surface area contributed by atoms with Gasteiger partial charge in [-0.15, -0.1) is 0 Å². The lowest BCUT2D eigenvalue weighted by atomic mass is 9.86. The molecule has 1 aromatic carbocycles. The highest BCUT2D eigenvalue weighted by Gasteiger charge is 2.26. The molecular formula is C23H37N3O3S. The molecular weight excluding hydrogens is 398 g/mol. The van der Waals surface area contributed by atoms with Crippen LogP contribution in [0.4, 0.5) is 5.69 Å². The van der Waals surface area contributed by atoms with Crippen LogP contribution in [0.15, 0.2) is 24.3 Å². The van der Waals surface area contributed by atoms with Crippen molar-refractivity contribution in [3.63, 3.8) is 0 Å². The first kappa shape index (κ1) is 23.1. The lowest BCUT2D eigenvalue weighted by molar-refractivity contribution is 0.0927. The monoisotopic (exact) mass is 435 g/mol. The van der Waals surface area contributed by atoms with Crippen LogP contribution in [0.5, 0.6) is 0 Å². The number of amides is 1. The number of benzene rings is 1. The molecule has 3 N–H and O–H groups in total. The molecule has 0 spiro atoms. The van der Waals surface area contributed by atoms with Crippen molar-refractivity contribution in [1.29, 1.82) is 0 Å². The summed E-state index contributed by atoms with van der Waals surface area (Å²) in [4.78, 5) is 12.6. The minimum Gasteiger partial charge on any atom is -0.385 e. The summed E-state index contributed by atoms with van der Waals surface area (Å²) in [6.45, 7) is 4.26. The van der Waals surface area contributed by atoms with E-state index in [1.165, 1.54) is 19.3 Å². The highest BCUT2D eigenvalue weighted by molar-refractivity contribution is 7.90. The average Bonchev–Trinajstić information content (AvgIpc) is 2.74. The zero-order valence-corrected chi connectivity index (χ0v) is 19.1. The van der Waals surface area contributed by atoms with Crippen molar-refractivity contribution in [1.82, 2.24) is 10.0 Å². The Hall–Kier alpha value is -1.60. The van der Waals surface area contributed by atoms with Crippen molar-refractivity contribution in [2.75, 3.05) is 11.9 Å². The molecule has 2 aliphatic carbocycles. The lowest BCUT2D eigenvalue weighted by Crippen LogP contribution is -2.41. The largest absolute Gasteiger partial charge is 0.385 e. The van der Waals surface area contributed by atoms with Crippen molar-refractivity contribution in [2.45, 2.75) is 89.0 Å². The van der Waals surface area contributed by atoms with E-state index in [1.807, 2.05) is 24.3 Å². The Morgan fingerprint density at radius 2 is 1.70 bits per heavy atom. The second kappa shape index (κ2) is 10.6. The Labute approximate surface area is 181 Å². The molecule has 1 aromatic rings. The van der Waals surface area contributed by atoms with Gasteiger partial charge in [0, 0.05) is 29.9 Å². The smallest absolute Gasteiger partial charge is 0.251 e. The van der Waals surface area contributed by atoms with Crippen LogP contribution in [0.1, 0.15) is 82.0 Å². The normalized spacial score (nSPS) is 23.3. The van der Waals surface area contributed by atoms with Gasteiger partial charge in [-0.2, -0.15) is 0 Å². The summed E-state index contributed by atoms with van der Waals surface area (Å²) in [6.07, 6.45) is 9.60. The number of sulfonamides is 1. The molecule has 0 unspecified atom stereocenters. The van der Waals surface area contributed by atoms with Gasteiger partial charge in [0.25, 0.3) is 5.91 Å². The quantitative estimate of drug-likeness (QED) is 0.575. The maximum atomic E-state index is 12.6. The molecule has 0 heterocycles. The molecule has 1 amide bonds. The summed E-state index contributed by atoms with van der Waals surface area (Å²) < 4.78 is 26.9. The van der Waals surface area contributed by atoms with Crippen LogP contribution in [0.3, 0.4) is 0 Å². The van der Waals surface area contributed by atoms with Gasteiger partial charge in [-0.25, -0.2) is 13.1 Å². The second-order valence-corrected chi connectivity index (χ2v) is 11.5. The maximum Gasteiger partial charge on any atom is 0.251 e. The SMILES string of the molecule is CC(C)S(=O)(=O)N[C@H]1CC[C@H](CNc2cccc(C(=O)NC3CCCCC3)c2)CC1. The number of carbonyl (C=O) groups excluding carboxylic acids is 1. The molecule has 0 bridgehead atoms. The molecule has 0 radical (unpaired) electrons. The average molecular weight is 436 g/mol. The number of hydrogen-bond donors (Lipinski definition) is 3. The first-order valence-corrected chi connectivity index (χ1v) is 13.0. The van der Waals surface area contributed by atoms with Gasteiger partial charge in [-0.1, -0.05) is 25.3 Å². The molecule has 0 aromatic heterocycles. The van der Waals surface area contributed by atoms with Crippen molar-refractivity contribution < 1.29 is 13.2 Å². The summed E-state index contributed by atoms with van der Waals surface area (Å²) in [5, 5.41) is 6.26. The zero-order chi connectivity index (χ0) is 21.6. The van der Waals surface area contributed by atoms with Crippen LogP contribution in [0, 0.1) is 5.92 Å². The predicted molar refractivity (Wildman–Crippen MR) is 122 cm³/mol. The molecule has 0 saturated heterocycles. The van der Waals surface area contributed by atoms with E-state index in [0.717, 1.165) is 50.8 Å². The van der Waals surface area contributed by atoms with E-state index in [2.05, 4.69) is 15.4 Å². The van der Waals surface area contributed by atoms with Crippen molar-refractivity contribution in [2.24, 2.45) is 5.92 Å². The molecule has 2 fully saturated rings. The number of rotatable bonds is 8. The highest BCUT2D eigenvalue weighted by atomic mass is 32.2. The van der Waals surface area contributed by atoms with Gasteiger partial charge in [-0.3, -0.25) is 4.79 Å². The van der Waals surface area contributed by atoms with Gasteiger partial charge in [-0.05, 0) is 76.5 Å². The standard InChI is InChI=1S/C23H37N3O3S/c1-17(2)30(28,29)26-21-13-11-18(12-14-21)16-24-22-10-6-7-19(15-22)23(27)25-20-8-4-3-5-9-20/h6-7,10,15,17-18,20-21,24,26H,3-5,8-9,11-14,16H2,1-2H3,(H,25,27)/t18-,21-. The Bertz CT molecular complexity index is 796. The van der Waals surface area contributed by atoms with Gasteiger partial charge >= 0.3 is 0 Å². The summed E-state index contributed by atoms with van der Waals surface area (Å²) in [5.74, 6) is 0.535. The van der Waals surface area contributed by atoms with Gasteiger partial charge in [0.1, 0.15) is 0 Å². The first-order valence-electron chi connectivity index (χ1n) is 11.5. The van der Waals surface area contributed by atoms with E-state index < -0.39 is 10.0 Å². The van der Waals surface area contributed by atoms with Crippen molar-refractivity contribution in [3.05, 3.63) is 29.8 Å². The van der Waals surface area contributed by atoms with Crippen LogP contribution in [0.2, 0.25) is 0 Å². The molecule has 168 valence electrons. The number of nitrogens with one attached hydrogen (secondary N) is 3. The topological polar surface area (TPSA) is 87.3 Å². The molecule has 3 rings (SSSR count). The van der Waals surface area contributed by atoms with Crippen LogP contribution in [-0.2, 0) is 10.0 Å². The van der Waals surface area contributed by atoms with E-state index in [4.69, 9.17) is 0 Å². The van der Waals surface area contributed by atoms with Gasteiger partial charge < -0.3 is 10.6 Å². The third-order valence-electron chi connectivity index (χ3n) is 6.46. The second-order valence-electron chi connectivity index (χ2n) is 9.20. The van der Waals surface area contributed by atoms with Crippen molar-refractivity contribution in [3.8, 4) is 0 Å². The molecule has 6 nitrogen and oxygen atoms in total. The van der Waals surface area contributed by atoms with E-state index in [9.17, 15) is 13.2 Å². The number of hydrogen-bond acceptors (Lipinski definition) is 4. The Balaban J connectivity index is 1.44. The molecule has 0 aliphatic heterocycles.